The van der Waals surface area contributed by atoms with Crippen LogP contribution in [0.25, 0.3) is 10.8 Å². The third-order valence-electron chi connectivity index (χ3n) is 5.70. The Hall–Kier alpha value is -2.90. The Morgan fingerprint density at radius 3 is 2.33 bits per heavy atom. The SMILES string of the molecule is COc1cccc(OC2CO[C@H]3CN(c4nnc(C)c5ccccc45)C[C@@H]3OC2)c1. The number of fused-ring (bicyclic) bond motifs is 2. The molecular formula is C23H25N3O4. The van der Waals surface area contributed by atoms with Crippen molar-refractivity contribution >= 4 is 16.6 Å². The number of rotatable bonds is 4. The minimum atomic E-state index is -0.156. The van der Waals surface area contributed by atoms with Crippen molar-refractivity contribution in [3.63, 3.8) is 0 Å². The van der Waals surface area contributed by atoms with E-state index in [1.807, 2.05) is 43.3 Å². The minimum Gasteiger partial charge on any atom is -0.497 e. The lowest BCUT2D eigenvalue weighted by Crippen LogP contribution is -2.30. The Morgan fingerprint density at radius 2 is 1.60 bits per heavy atom. The summed E-state index contributed by atoms with van der Waals surface area (Å²) in [4.78, 5) is 2.22. The molecule has 5 rings (SSSR count). The number of nitrogens with zero attached hydrogens (tertiary/aromatic N) is 3. The molecule has 2 saturated heterocycles. The van der Waals surface area contributed by atoms with Crippen LogP contribution < -0.4 is 14.4 Å². The monoisotopic (exact) mass is 407 g/mol. The van der Waals surface area contributed by atoms with Crippen LogP contribution in [0.4, 0.5) is 5.82 Å². The van der Waals surface area contributed by atoms with Gasteiger partial charge in [-0.1, -0.05) is 30.3 Å². The van der Waals surface area contributed by atoms with Gasteiger partial charge in [0.15, 0.2) is 5.82 Å². The van der Waals surface area contributed by atoms with Gasteiger partial charge in [-0.25, -0.2) is 0 Å². The van der Waals surface area contributed by atoms with Gasteiger partial charge < -0.3 is 23.8 Å². The molecule has 1 aromatic heterocycles. The molecule has 3 aromatic rings. The van der Waals surface area contributed by atoms with E-state index in [1.54, 1.807) is 7.11 Å². The van der Waals surface area contributed by atoms with Crippen LogP contribution in [0.1, 0.15) is 5.69 Å². The van der Waals surface area contributed by atoms with Crippen LogP contribution in [0.5, 0.6) is 11.5 Å². The zero-order valence-corrected chi connectivity index (χ0v) is 17.2. The number of aromatic nitrogens is 2. The quantitative estimate of drug-likeness (QED) is 0.659. The number of benzene rings is 2. The maximum Gasteiger partial charge on any atom is 0.159 e. The van der Waals surface area contributed by atoms with E-state index in [2.05, 4.69) is 27.2 Å². The second kappa shape index (κ2) is 8.08. The predicted molar refractivity (Wildman–Crippen MR) is 113 cm³/mol. The fourth-order valence-electron chi connectivity index (χ4n) is 4.14. The van der Waals surface area contributed by atoms with Crippen LogP contribution in [-0.4, -0.2) is 61.9 Å². The normalized spacial score (nSPS) is 22.0. The number of methoxy groups -OCH3 is 1. The molecule has 0 N–H and O–H groups in total. The Labute approximate surface area is 175 Å². The van der Waals surface area contributed by atoms with Gasteiger partial charge in [-0.05, 0) is 19.1 Å². The topological polar surface area (TPSA) is 65.9 Å². The summed E-state index contributed by atoms with van der Waals surface area (Å²) in [7, 11) is 1.64. The molecule has 7 nitrogen and oxygen atoms in total. The zero-order chi connectivity index (χ0) is 20.5. The molecule has 0 unspecified atom stereocenters. The summed E-state index contributed by atoms with van der Waals surface area (Å²) in [5.74, 6) is 2.41. The molecule has 156 valence electrons. The number of anilines is 1. The molecule has 2 fully saturated rings. The smallest absolute Gasteiger partial charge is 0.159 e. The van der Waals surface area contributed by atoms with Crippen molar-refractivity contribution in [3.05, 3.63) is 54.2 Å². The van der Waals surface area contributed by atoms with Gasteiger partial charge >= 0.3 is 0 Å². The summed E-state index contributed by atoms with van der Waals surface area (Å²) < 4.78 is 23.7. The molecule has 2 aromatic carbocycles. The largest absolute Gasteiger partial charge is 0.497 e. The van der Waals surface area contributed by atoms with Crippen molar-refractivity contribution in [2.45, 2.75) is 25.2 Å². The molecular weight excluding hydrogens is 382 g/mol. The van der Waals surface area contributed by atoms with Crippen molar-refractivity contribution in [1.29, 1.82) is 0 Å². The Bertz CT molecular complexity index is 1030. The minimum absolute atomic E-state index is 0.0224. The summed E-state index contributed by atoms with van der Waals surface area (Å²) in [6.45, 7) is 4.39. The van der Waals surface area contributed by atoms with E-state index in [1.165, 1.54) is 0 Å². The van der Waals surface area contributed by atoms with Crippen molar-refractivity contribution in [3.8, 4) is 11.5 Å². The van der Waals surface area contributed by atoms with E-state index in [9.17, 15) is 0 Å². The number of aryl methyl sites for hydroxylation is 1. The van der Waals surface area contributed by atoms with E-state index >= 15 is 0 Å². The molecule has 0 radical (unpaired) electrons. The molecule has 7 heteroatoms. The van der Waals surface area contributed by atoms with Gasteiger partial charge in [0.25, 0.3) is 0 Å². The molecule has 3 heterocycles. The van der Waals surface area contributed by atoms with Gasteiger partial charge in [-0.2, -0.15) is 5.10 Å². The summed E-state index contributed by atoms with van der Waals surface area (Å²) in [6.07, 6.45) is -0.201. The average molecular weight is 407 g/mol. The number of hydrogen-bond acceptors (Lipinski definition) is 7. The lowest BCUT2D eigenvalue weighted by Gasteiger charge is -2.21. The highest BCUT2D eigenvalue weighted by atomic mass is 16.6. The van der Waals surface area contributed by atoms with Crippen LogP contribution in [-0.2, 0) is 9.47 Å². The predicted octanol–water partition coefficient (Wildman–Crippen LogP) is 3.00. The van der Waals surface area contributed by atoms with Crippen LogP contribution in [0.15, 0.2) is 48.5 Å². The van der Waals surface area contributed by atoms with Crippen LogP contribution in [0, 0.1) is 6.92 Å². The van der Waals surface area contributed by atoms with E-state index in [4.69, 9.17) is 18.9 Å². The van der Waals surface area contributed by atoms with E-state index in [0.717, 1.165) is 46.9 Å². The zero-order valence-electron chi connectivity index (χ0n) is 17.2. The molecule has 0 amide bonds. The summed E-state index contributed by atoms with van der Waals surface area (Å²) >= 11 is 0. The second-order valence-electron chi connectivity index (χ2n) is 7.72. The molecule has 0 bridgehead atoms. The highest BCUT2D eigenvalue weighted by Crippen LogP contribution is 2.31. The lowest BCUT2D eigenvalue weighted by atomic mass is 10.1. The molecule has 2 atom stereocenters. The van der Waals surface area contributed by atoms with Crippen molar-refractivity contribution in [2.75, 3.05) is 38.3 Å². The fourth-order valence-corrected chi connectivity index (χ4v) is 4.14. The lowest BCUT2D eigenvalue weighted by molar-refractivity contribution is -0.00461. The first-order valence-corrected chi connectivity index (χ1v) is 10.2. The van der Waals surface area contributed by atoms with Crippen LogP contribution in [0.2, 0.25) is 0 Å². The molecule has 0 aliphatic carbocycles. The molecule has 30 heavy (non-hydrogen) atoms. The summed E-state index contributed by atoms with van der Waals surface area (Å²) in [5.41, 5.74) is 0.938. The van der Waals surface area contributed by atoms with Gasteiger partial charge in [-0.3, -0.25) is 0 Å². The molecule has 2 aliphatic rings. The summed E-state index contributed by atoms with van der Waals surface area (Å²) in [6, 6.07) is 15.8. The van der Waals surface area contributed by atoms with Gasteiger partial charge in [0.05, 0.1) is 26.0 Å². The standard InChI is InChI=1S/C23H25N3O4/c1-15-19-8-3-4-9-20(19)23(25-24-15)26-11-21-22(12-26)29-14-18(13-28-21)30-17-7-5-6-16(10-17)27-2/h3-10,18,21-22H,11-14H2,1-2H3/t21-,22-/m0/s1. The highest BCUT2D eigenvalue weighted by Gasteiger charge is 2.39. The van der Waals surface area contributed by atoms with Gasteiger partial charge in [0.2, 0.25) is 0 Å². The third-order valence-corrected chi connectivity index (χ3v) is 5.70. The highest BCUT2D eigenvalue weighted by molar-refractivity contribution is 5.93. The van der Waals surface area contributed by atoms with Gasteiger partial charge in [0.1, 0.15) is 29.8 Å². The first-order valence-electron chi connectivity index (χ1n) is 10.2. The first kappa shape index (κ1) is 19.1. The Kier molecular flexibility index (Phi) is 5.14. The Balaban J connectivity index is 1.27. The fraction of sp³-hybridized carbons (Fsp3) is 0.391. The van der Waals surface area contributed by atoms with E-state index < -0.39 is 0 Å². The molecule has 0 spiro atoms. The van der Waals surface area contributed by atoms with E-state index in [0.29, 0.717) is 13.2 Å². The maximum atomic E-state index is 6.18. The average Bonchev–Trinajstić information content (AvgIpc) is 3.10. The molecule has 0 saturated carbocycles. The number of ether oxygens (including phenoxy) is 4. The Morgan fingerprint density at radius 1 is 0.900 bits per heavy atom. The van der Waals surface area contributed by atoms with Gasteiger partial charge in [-0.15, -0.1) is 5.10 Å². The summed E-state index contributed by atoms with van der Waals surface area (Å²) in [5, 5.41) is 11.1. The van der Waals surface area contributed by atoms with Crippen molar-refractivity contribution in [2.24, 2.45) is 0 Å². The van der Waals surface area contributed by atoms with Crippen LogP contribution >= 0.6 is 0 Å². The third kappa shape index (κ3) is 3.66. The van der Waals surface area contributed by atoms with Crippen molar-refractivity contribution < 1.29 is 18.9 Å². The second-order valence-corrected chi connectivity index (χ2v) is 7.72. The van der Waals surface area contributed by atoms with Crippen LogP contribution in [0.3, 0.4) is 0 Å². The first-order chi connectivity index (χ1) is 14.7. The number of hydrogen-bond donors (Lipinski definition) is 0. The maximum absolute atomic E-state index is 6.18. The molecule has 2 aliphatic heterocycles. The van der Waals surface area contributed by atoms with Gasteiger partial charge in [0, 0.05) is 29.9 Å². The van der Waals surface area contributed by atoms with Crippen molar-refractivity contribution in [1.82, 2.24) is 10.2 Å². The van der Waals surface area contributed by atoms with E-state index in [-0.39, 0.29) is 18.3 Å².